The summed E-state index contributed by atoms with van der Waals surface area (Å²) in [6.07, 6.45) is -2.94. The Morgan fingerprint density at radius 2 is 2.00 bits per heavy atom. The number of halogens is 3. The van der Waals surface area contributed by atoms with Crippen LogP contribution in [0, 0.1) is 6.92 Å². The number of carboxylic acid groups (broad SMARTS) is 1. The summed E-state index contributed by atoms with van der Waals surface area (Å²) in [5.41, 5.74) is 0.815. The van der Waals surface area contributed by atoms with E-state index in [2.05, 4.69) is 4.99 Å². The zero-order valence-electron chi connectivity index (χ0n) is 12.0. The van der Waals surface area contributed by atoms with Gasteiger partial charge in [0, 0.05) is 5.71 Å². The van der Waals surface area contributed by atoms with Crippen LogP contribution < -0.4 is 0 Å². The maximum Gasteiger partial charge on any atom is 0.416 e. The molecule has 0 aliphatic rings. The van der Waals surface area contributed by atoms with Crippen molar-refractivity contribution in [1.29, 1.82) is 0 Å². The van der Waals surface area contributed by atoms with Gasteiger partial charge in [-0.1, -0.05) is 12.1 Å². The van der Waals surface area contributed by atoms with Crippen molar-refractivity contribution in [3.63, 3.8) is 0 Å². The highest BCUT2D eigenvalue weighted by Gasteiger charge is 2.30. The summed E-state index contributed by atoms with van der Waals surface area (Å²) in [4.78, 5) is 15.1. The molecule has 1 rings (SSSR count). The van der Waals surface area contributed by atoms with Crippen LogP contribution in [-0.2, 0) is 17.5 Å². The fourth-order valence-electron chi connectivity index (χ4n) is 1.83. The average Bonchev–Trinajstić information content (AvgIpc) is 2.36. The first-order valence-corrected chi connectivity index (χ1v) is 6.24. The number of carbonyl (C=O) groups is 1. The van der Waals surface area contributed by atoms with E-state index in [-0.39, 0.29) is 12.1 Å². The van der Waals surface area contributed by atoms with Gasteiger partial charge < -0.3 is 5.11 Å². The third-order valence-corrected chi connectivity index (χ3v) is 3.07. The second-order valence-corrected chi connectivity index (χ2v) is 4.55. The normalized spacial score (nSPS) is 13.4. The van der Waals surface area contributed by atoms with Gasteiger partial charge in [-0.3, -0.25) is 4.99 Å². The zero-order valence-corrected chi connectivity index (χ0v) is 12.0. The monoisotopic (exact) mass is 299 g/mol. The molecule has 0 amide bonds. The molecule has 0 aliphatic carbocycles. The van der Waals surface area contributed by atoms with Crippen LogP contribution in [0.2, 0.25) is 0 Å². The van der Waals surface area contributed by atoms with Crippen molar-refractivity contribution in [3.8, 4) is 0 Å². The highest BCUT2D eigenvalue weighted by Crippen LogP contribution is 2.30. The van der Waals surface area contributed by atoms with Gasteiger partial charge in [0.2, 0.25) is 0 Å². The minimum Gasteiger partial charge on any atom is -0.478 e. The number of rotatable bonds is 4. The van der Waals surface area contributed by atoms with Crippen molar-refractivity contribution < 1.29 is 23.1 Å². The van der Waals surface area contributed by atoms with E-state index >= 15 is 0 Å². The second kappa shape index (κ2) is 6.56. The lowest BCUT2D eigenvalue weighted by Crippen LogP contribution is -2.09. The van der Waals surface area contributed by atoms with Crippen LogP contribution in [0.4, 0.5) is 13.2 Å². The van der Waals surface area contributed by atoms with E-state index < -0.39 is 17.7 Å². The molecule has 114 valence electrons. The molecule has 0 aliphatic heterocycles. The van der Waals surface area contributed by atoms with Crippen molar-refractivity contribution in [2.24, 2.45) is 4.99 Å². The first-order valence-electron chi connectivity index (χ1n) is 6.24. The van der Waals surface area contributed by atoms with Crippen molar-refractivity contribution >= 4 is 11.7 Å². The standard InChI is InChI=1S/C15H16F3NO2/c1-4-13(14(20)21)10(3)19-8-11-5-6-12(7-9(11)2)15(16,17)18/h4-7H,8H2,1-3H3,(H,20,21)/b13-4+,19-10?. The SMILES string of the molecule is C/C=C(/C(=O)O)C(C)=NCc1ccc(C(F)(F)F)cc1C. The van der Waals surface area contributed by atoms with Gasteiger partial charge in [-0.25, -0.2) is 4.79 Å². The molecule has 0 fully saturated rings. The summed E-state index contributed by atoms with van der Waals surface area (Å²) in [5, 5.41) is 8.95. The van der Waals surface area contributed by atoms with Crippen LogP contribution >= 0.6 is 0 Å². The van der Waals surface area contributed by atoms with Crippen LogP contribution in [0.5, 0.6) is 0 Å². The Morgan fingerprint density at radius 3 is 2.43 bits per heavy atom. The smallest absolute Gasteiger partial charge is 0.416 e. The summed E-state index contributed by atoms with van der Waals surface area (Å²) in [6.45, 7) is 4.86. The highest BCUT2D eigenvalue weighted by molar-refractivity contribution is 6.18. The van der Waals surface area contributed by atoms with E-state index in [9.17, 15) is 18.0 Å². The molecule has 3 nitrogen and oxygen atoms in total. The molecule has 0 radical (unpaired) electrons. The molecule has 1 aromatic rings. The van der Waals surface area contributed by atoms with Gasteiger partial charge >= 0.3 is 12.1 Å². The molecule has 21 heavy (non-hydrogen) atoms. The summed E-state index contributed by atoms with van der Waals surface area (Å²) >= 11 is 0. The largest absolute Gasteiger partial charge is 0.478 e. The number of aliphatic carboxylic acids is 1. The van der Waals surface area contributed by atoms with Crippen LogP contribution in [0.1, 0.15) is 30.5 Å². The van der Waals surface area contributed by atoms with Gasteiger partial charge in [-0.05, 0) is 44.0 Å². The number of nitrogens with zero attached hydrogens (tertiary/aromatic N) is 1. The van der Waals surface area contributed by atoms with E-state index in [0.717, 1.165) is 12.1 Å². The van der Waals surface area contributed by atoms with Crippen molar-refractivity contribution in [3.05, 3.63) is 46.5 Å². The van der Waals surface area contributed by atoms with Gasteiger partial charge in [-0.2, -0.15) is 13.2 Å². The molecule has 6 heteroatoms. The molecule has 0 unspecified atom stereocenters. The molecule has 0 aromatic heterocycles. The van der Waals surface area contributed by atoms with Crippen LogP contribution in [0.15, 0.2) is 34.8 Å². The van der Waals surface area contributed by atoms with Gasteiger partial charge in [0.05, 0.1) is 17.7 Å². The lowest BCUT2D eigenvalue weighted by atomic mass is 10.0. The van der Waals surface area contributed by atoms with E-state index in [1.165, 1.54) is 12.1 Å². The van der Waals surface area contributed by atoms with Gasteiger partial charge in [-0.15, -0.1) is 0 Å². The molecule has 0 spiro atoms. The molecule has 1 aromatic carbocycles. The third-order valence-electron chi connectivity index (χ3n) is 3.07. The number of allylic oxidation sites excluding steroid dienone is 1. The number of carboxylic acids is 1. The Morgan fingerprint density at radius 1 is 1.38 bits per heavy atom. The van der Waals surface area contributed by atoms with E-state index in [1.807, 2.05) is 0 Å². The molecule has 0 saturated heterocycles. The summed E-state index contributed by atoms with van der Waals surface area (Å²) in [6, 6.07) is 3.43. The van der Waals surface area contributed by atoms with Crippen LogP contribution in [-0.4, -0.2) is 16.8 Å². The predicted octanol–water partition coefficient (Wildman–Crippen LogP) is 4.01. The maximum absolute atomic E-state index is 12.6. The Hall–Kier alpha value is -2.11. The first kappa shape index (κ1) is 16.9. The van der Waals surface area contributed by atoms with E-state index in [1.54, 1.807) is 20.8 Å². The predicted molar refractivity (Wildman–Crippen MR) is 74.4 cm³/mol. The Bertz CT molecular complexity index is 601. The number of aryl methyl sites for hydroxylation is 1. The number of hydrogen-bond donors (Lipinski definition) is 1. The van der Waals surface area contributed by atoms with Crippen LogP contribution in [0.3, 0.4) is 0 Å². The van der Waals surface area contributed by atoms with Gasteiger partial charge in [0.25, 0.3) is 0 Å². The third kappa shape index (κ3) is 4.44. The minimum atomic E-state index is -4.37. The molecule has 1 N–H and O–H groups in total. The van der Waals surface area contributed by atoms with E-state index in [4.69, 9.17) is 5.11 Å². The Labute approximate surface area is 120 Å². The van der Waals surface area contributed by atoms with Gasteiger partial charge in [0.15, 0.2) is 0 Å². The Kier molecular flexibility index (Phi) is 5.29. The fourth-order valence-corrected chi connectivity index (χ4v) is 1.83. The van der Waals surface area contributed by atoms with E-state index in [0.29, 0.717) is 16.8 Å². The summed E-state index contributed by atoms with van der Waals surface area (Å²) in [7, 11) is 0. The Balaban J connectivity index is 2.98. The van der Waals surface area contributed by atoms with Crippen molar-refractivity contribution in [2.75, 3.05) is 0 Å². The van der Waals surface area contributed by atoms with Crippen molar-refractivity contribution in [2.45, 2.75) is 33.5 Å². The highest BCUT2D eigenvalue weighted by atomic mass is 19.4. The first-order chi connectivity index (χ1) is 9.66. The number of aliphatic imine (C=N–C) groups is 1. The maximum atomic E-state index is 12.6. The fraction of sp³-hybridized carbons (Fsp3) is 0.333. The molecule has 0 saturated carbocycles. The number of hydrogen-bond acceptors (Lipinski definition) is 2. The average molecular weight is 299 g/mol. The minimum absolute atomic E-state index is 0.0829. The molecule has 0 atom stereocenters. The topological polar surface area (TPSA) is 49.7 Å². The number of benzene rings is 1. The number of alkyl halides is 3. The van der Waals surface area contributed by atoms with Crippen molar-refractivity contribution in [1.82, 2.24) is 0 Å². The molecular weight excluding hydrogens is 283 g/mol. The van der Waals surface area contributed by atoms with Gasteiger partial charge in [0.1, 0.15) is 0 Å². The second-order valence-electron chi connectivity index (χ2n) is 4.55. The van der Waals surface area contributed by atoms with Crippen LogP contribution in [0.25, 0.3) is 0 Å². The lowest BCUT2D eigenvalue weighted by Gasteiger charge is -2.10. The quantitative estimate of drug-likeness (QED) is 0.674. The summed E-state index contributed by atoms with van der Waals surface area (Å²) < 4.78 is 37.7. The zero-order chi connectivity index (χ0) is 16.2. The molecular formula is C15H16F3NO2. The summed E-state index contributed by atoms with van der Waals surface area (Å²) in [5.74, 6) is -1.08. The molecule has 0 bridgehead atoms. The lowest BCUT2D eigenvalue weighted by molar-refractivity contribution is -0.137. The molecule has 0 heterocycles.